The van der Waals surface area contributed by atoms with Crippen LogP contribution in [0.25, 0.3) is 0 Å². The Balaban J connectivity index is 1.70. The van der Waals surface area contributed by atoms with Crippen LogP contribution in [0.3, 0.4) is 0 Å². The summed E-state index contributed by atoms with van der Waals surface area (Å²) >= 11 is 0. The molecule has 5 N–H and O–H groups in total. The van der Waals surface area contributed by atoms with Gasteiger partial charge in [0.05, 0.1) is 35.6 Å². The molecule has 1 heterocycles. The van der Waals surface area contributed by atoms with Crippen LogP contribution in [0.4, 0.5) is 0 Å². The quantitative estimate of drug-likeness (QED) is 0.390. The van der Waals surface area contributed by atoms with Crippen molar-refractivity contribution >= 4 is 0 Å². The van der Waals surface area contributed by atoms with E-state index in [0.717, 1.165) is 0 Å². The number of ether oxygens (including phenoxy) is 1. The van der Waals surface area contributed by atoms with Crippen molar-refractivity contribution in [3.8, 4) is 0 Å². The van der Waals surface area contributed by atoms with Crippen molar-refractivity contribution in [1.29, 1.82) is 0 Å². The zero-order valence-corrected chi connectivity index (χ0v) is 16.0. The van der Waals surface area contributed by atoms with Crippen LogP contribution in [-0.2, 0) is 4.74 Å². The van der Waals surface area contributed by atoms with Crippen LogP contribution in [0, 0.1) is 28.6 Å². The topological polar surface area (TPSA) is 114 Å². The molecule has 1 saturated heterocycles. The number of hydrogen-bond donors (Lipinski definition) is 5. The number of fused-ring (bicyclic) bond motifs is 4. The van der Waals surface area contributed by atoms with Gasteiger partial charge >= 0.3 is 0 Å². The van der Waals surface area contributed by atoms with Crippen LogP contribution in [-0.4, -0.2) is 66.8 Å². The van der Waals surface area contributed by atoms with E-state index in [1.165, 1.54) is 0 Å². The predicted octanol–water partition coefficient (Wildman–Crippen LogP) is 0.185. The summed E-state index contributed by atoms with van der Waals surface area (Å²) in [7, 11) is 0. The molecule has 0 aromatic heterocycles. The van der Waals surface area contributed by atoms with Gasteiger partial charge in [0.25, 0.3) is 0 Å². The lowest BCUT2D eigenvalue weighted by Crippen LogP contribution is -2.63. The fraction of sp³-hybridized carbons (Fsp3) is 1.00. The van der Waals surface area contributed by atoms with Crippen molar-refractivity contribution in [2.75, 3.05) is 0 Å². The Morgan fingerprint density at radius 1 is 0.962 bits per heavy atom. The molecule has 6 heteroatoms. The van der Waals surface area contributed by atoms with Crippen LogP contribution in [0.15, 0.2) is 0 Å². The van der Waals surface area contributed by atoms with Crippen molar-refractivity contribution in [3.63, 3.8) is 0 Å². The maximum absolute atomic E-state index is 11.8. The van der Waals surface area contributed by atoms with Gasteiger partial charge in [0.2, 0.25) is 0 Å². The molecular formula is C20H32O6. The Kier molecular flexibility index (Phi) is 3.08. The highest BCUT2D eigenvalue weighted by Gasteiger charge is 2.82. The molecule has 1 spiro atoms. The van der Waals surface area contributed by atoms with E-state index in [2.05, 4.69) is 0 Å². The van der Waals surface area contributed by atoms with E-state index in [0.29, 0.717) is 19.3 Å². The van der Waals surface area contributed by atoms with E-state index in [1.54, 1.807) is 13.8 Å². The van der Waals surface area contributed by atoms with Gasteiger partial charge in [-0.25, -0.2) is 0 Å². The summed E-state index contributed by atoms with van der Waals surface area (Å²) in [5.41, 5.74) is -5.30. The second-order valence-electron chi connectivity index (χ2n) is 10.9. The third-order valence-electron chi connectivity index (χ3n) is 9.40. The third-order valence-corrected chi connectivity index (χ3v) is 9.40. The lowest BCUT2D eigenvalue weighted by molar-refractivity contribution is -0.222. The highest BCUT2D eigenvalue weighted by atomic mass is 16.6. The van der Waals surface area contributed by atoms with Gasteiger partial charge in [0.1, 0.15) is 5.60 Å². The Morgan fingerprint density at radius 2 is 1.62 bits per heavy atom. The standard InChI is InChI=1S/C20H32O6/c1-16(2)15-12(26-15)13-18(4,24)10-6-5-9-14(22)19(10,8-17(9,3)23)7-11(21)20(13,16)25/h9-15,21-25H,5-8H2,1-4H3/t9-,10+,11-,12+,13+,14?,15+,17-,18-,19+,20-/m1/s1. The maximum Gasteiger partial charge on any atom is 0.106 e. The molecule has 11 atom stereocenters. The molecule has 0 aromatic rings. The summed E-state index contributed by atoms with van der Waals surface area (Å²) < 4.78 is 5.82. The minimum absolute atomic E-state index is 0.166. The second kappa shape index (κ2) is 4.50. The zero-order chi connectivity index (χ0) is 19.1. The Hall–Kier alpha value is -0.240. The van der Waals surface area contributed by atoms with Crippen LogP contribution in [0.1, 0.15) is 53.4 Å². The number of hydrogen-bond acceptors (Lipinski definition) is 6. The largest absolute Gasteiger partial charge is 0.392 e. The van der Waals surface area contributed by atoms with Gasteiger partial charge in [-0.1, -0.05) is 13.8 Å². The van der Waals surface area contributed by atoms with E-state index in [1.807, 2.05) is 13.8 Å². The highest BCUT2D eigenvalue weighted by molar-refractivity contribution is 5.31. The Labute approximate surface area is 154 Å². The zero-order valence-electron chi connectivity index (χ0n) is 16.0. The molecule has 4 saturated carbocycles. The van der Waals surface area contributed by atoms with E-state index in [-0.39, 0.29) is 30.5 Å². The molecule has 148 valence electrons. The molecule has 5 rings (SSSR count). The molecule has 0 radical (unpaired) electrons. The van der Waals surface area contributed by atoms with Crippen molar-refractivity contribution in [3.05, 3.63) is 0 Å². The van der Waals surface area contributed by atoms with Gasteiger partial charge in [0.15, 0.2) is 0 Å². The van der Waals surface area contributed by atoms with Gasteiger partial charge in [-0.2, -0.15) is 0 Å². The van der Waals surface area contributed by atoms with E-state index in [4.69, 9.17) is 4.74 Å². The lowest BCUT2D eigenvalue weighted by atomic mass is 9.57. The molecule has 1 aliphatic heterocycles. The summed E-state index contributed by atoms with van der Waals surface area (Å²) in [6.07, 6.45) is -0.485. The Morgan fingerprint density at radius 3 is 2.27 bits per heavy atom. The number of epoxide rings is 1. The Bertz CT molecular complexity index is 659. The molecule has 0 amide bonds. The fourth-order valence-electron chi connectivity index (χ4n) is 8.27. The van der Waals surface area contributed by atoms with E-state index < -0.39 is 45.8 Å². The summed E-state index contributed by atoms with van der Waals surface area (Å²) in [5, 5.41) is 56.9. The molecule has 5 fully saturated rings. The number of aliphatic hydroxyl groups excluding tert-OH is 2. The van der Waals surface area contributed by atoms with Crippen molar-refractivity contribution in [1.82, 2.24) is 0 Å². The number of aliphatic hydroxyl groups is 5. The normalized spacial score (nSPS) is 68.0. The third kappa shape index (κ3) is 1.64. The van der Waals surface area contributed by atoms with Crippen LogP contribution >= 0.6 is 0 Å². The average molecular weight is 368 g/mol. The monoisotopic (exact) mass is 368 g/mol. The van der Waals surface area contributed by atoms with Crippen LogP contribution < -0.4 is 0 Å². The van der Waals surface area contributed by atoms with E-state index >= 15 is 0 Å². The summed E-state index contributed by atoms with van der Waals surface area (Å²) in [5.74, 6) is -1.17. The summed E-state index contributed by atoms with van der Waals surface area (Å²) in [4.78, 5) is 0. The predicted molar refractivity (Wildman–Crippen MR) is 92.0 cm³/mol. The fourth-order valence-corrected chi connectivity index (χ4v) is 8.27. The van der Waals surface area contributed by atoms with Gasteiger partial charge in [0, 0.05) is 22.7 Å². The minimum Gasteiger partial charge on any atom is -0.392 e. The first-order valence-electron chi connectivity index (χ1n) is 10.0. The molecular weight excluding hydrogens is 336 g/mol. The molecule has 4 aliphatic carbocycles. The maximum atomic E-state index is 11.8. The second-order valence-corrected chi connectivity index (χ2v) is 10.9. The first-order valence-corrected chi connectivity index (χ1v) is 10.0. The molecule has 26 heavy (non-hydrogen) atoms. The first kappa shape index (κ1) is 17.8. The van der Waals surface area contributed by atoms with Crippen molar-refractivity contribution < 1.29 is 30.3 Å². The first-order chi connectivity index (χ1) is 11.8. The molecule has 1 unspecified atom stereocenters. The summed E-state index contributed by atoms with van der Waals surface area (Å²) in [6, 6.07) is 0. The SMILES string of the molecule is CC1(C)[C@H]2O[C@H]2[C@H]2[C@](C)(O)[C@@H]3CC[C@@H]4C(O)[C@@]3(C[C@@H](O)[C@@]21O)C[C@@]4(C)O. The number of rotatable bonds is 0. The van der Waals surface area contributed by atoms with Gasteiger partial charge in [-0.15, -0.1) is 0 Å². The minimum atomic E-state index is -1.49. The van der Waals surface area contributed by atoms with Crippen molar-refractivity contribution in [2.24, 2.45) is 28.6 Å². The van der Waals surface area contributed by atoms with Gasteiger partial charge in [-0.05, 0) is 45.4 Å². The van der Waals surface area contributed by atoms with Gasteiger partial charge < -0.3 is 30.3 Å². The molecule has 5 aliphatic rings. The van der Waals surface area contributed by atoms with E-state index in [9.17, 15) is 25.5 Å². The van der Waals surface area contributed by atoms with Crippen molar-refractivity contribution in [2.45, 2.75) is 94.6 Å². The summed E-state index contributed by atoms with van der Waals surface area (Å²) in [6.45, 7) is 7.29. The highest BCUT2D eigenvalue weighted by Crippen LogP contribution is 2.72. The van der Waals surface area contributed by atoms with Gasteiger partial charge in [-0.3, -0.25) is 0 Å². The average Bonchev–Trinajstić information content (AvgIpc) is 3.22. The molecule has 0 aromatic carbocycles. The van der Waals surface area contributed by atoms with Crippen LogP contribution in [0.2, 0.25) is 0 Å². The van der Waals surface area contributed by atoms with Crippen LogP contribution in [0.5, 0.6) is 0 Å². The smallest absolute Gasteiger partial charge is 0.106 e. The molecule has 2 bridgehead atoms. The molecule has 6 nitrogen and oxygen atoms in total. The lowest BCUT2D eigenvalue weighted by Gasteiger charge is -2.51.